The van der Waals surface area contributed by atoms with Crippen LogP contribution in [0.2, 0.25) is 0 Å². The molecule has 0 aliphatic heterocycles. The van der Waals surface area contributed by atoms with E-state index in [1.54, 1.807) is 0 Å². The van der Waals surface area contributed by atoms with Crippen LogP contribution in [0, 0.1) is 0 Å². The molecule has 2 nitrogen and oxygen atoms in total. The zero-order valence-corrected chi connectivity index (χ0v) is 6.31. The van der Waals surface area contributed by atoms with Gasteiger partial charge in [0.1, 0.15) is 6.67 Å². The predicted octanol–water partition coefficient (Wildman–Crippen LogP) is 1.63. The highest BCUT2D eigenvalue weighted by molar-refractivity contribution is 5.81. The Morgan fingerprint density at radius 1 is 1.64 bits per heavy atom. The van der Waals surface area contributed by atoms with Crippen LogP contribution in [-0.2, 0) is 9.53 Å². The molecule has 0 atom stereocenters. The van der Waals surface area contributed by atoms with Crippen LogP contribution in [0.15, 0.2) is 24.8 Å². The van der Waals surface area contributed by atoms with E-state index in [0.29, 0.717) is 12.0 Å². The van der Waals surface area contributed by atoms with Gasteiger partial charge in [0.2, 0.25) is 0 Å². The van der Waals surface area contributed by atoms with E-state index < -0.39 is 12.6 Å². The average Bonchev–Trinajstić information content (AvgIpc) is 2.04. The van der Waals surface area contributed by atoms with Crippen LogP contribution in [-0.4, -0.2) is 19.3 Å². The molecule has 0 fully saturated rings. The van der Waals surface area contributed by atoms with Gasteiger partial charge in [-0.1, -0.05) is 13.2 Å². The Bertz CT molecular complexity index is 163. The molecule has 0 saturated heterocycles. The highest BCUT2D eigenvalue weighted by atomic mass is 19.1. The minimum absolute atomic E-state index is 0.174. The maximum atomic E-state index is 11.7. The number of hydrogen-bond donors (Lipinski definition) is 0. The van der Waals surface area contributed by atoms with Gasteiger partial charge in [-0.05, 0) is 5.57 Å². The summed E-state index contributed by atoms with van der Waals surface area (Å²) >= 11 is 0. The lowest BCUT2D eigenvalue weighted by Gasteiger charge is -2.00. The molecular weight excluding hydrogens is 147 g/mol. The SMILES string of the molecule is C=CC(=O)OCCC(=C)CF. The van der Waals surface area contributed by atoms with Gasteiger partial charge in [-0.25, -0.2) is 9.18 Å². The lowest BCUT2D eigenvalue weighted by Crippen LogP contribution is -2.02. The van der Waals surface area contributed by atoms with E-state index in [4.69, 9.17) is 0 Å². The Kier molecular flexibility index (Phi) is 5.07. The van der Waals surface area contributed by atoms with Crippen molar-refractivity contribution in [2.45, 2.75) is 6.42 Å². The van der Waals surface area contributed by atoms with Gasteiger partial charge in [0.15, 0.2) is 0 Å². The number of halogens is 1. The van der Waals surface area contributed by atoms with Crippen LogP contribution in [0.25, 0.3) is 0 Å². The molecule has 0 bridgehead atoms. The quantitative estimate of drug-likeness (QED) is 0.345. The van der Waals surface area contributed by atoms with Gasteiger partial charge in [0.05, 0.1) is 6.61 Å². The molecule has 0 unspecified atom stereocenters. The van der Waals surface area contributed by atoms with Gasteiger partial charge in [-0.2, -0.15) is 0 Å². The normalized spacial score (nSPS) is 8.82. The van der Waals surface area contributed by atoms with Crippen LogP contribution in [0.1, 0.15) is 6.42 Å². The lowest BCUT2D eigenvalue weighted by molar-refractivity contribution is -0.137. The molecule has 0 aliphatic carbocycles. The molecule has 0 aromatic rings. The number of esters is 1. The third-order valence-electron chi connectivity index (χ3n) is 1.06. The molecule has 0 rings (SSSR count). The fraction of sp³-hybridized carbons (Fsp3) is 0.375. The largest absolute Gasteiger partial charge is 0.462 e. The van der Waals surface area contributed by atoms with Crippen molar-refractivity contribution in [3.8, 4) is 0 Å². The molecule has 0 aliphatic rings. The fourth-order valence-electron chi connectivity index (χ4n) is 0.422. The monoisotopic (exact) mass is 158 g/mol. The van der Waals surface area contributed by atoms with Crippen molar-refractivity contribution < 1.29 is 13.9 Å². The van der Waals surface area contributed by atoms with E-state index in [2.05, 4.69) is 17.9 Å². The Balaban J connectivity index is 3.34. The predicted molar refractivity (Wildman–Crippen MR) is 40.9 cm³/mol. The van der Waals surface area contributed by atoms with Crippen molar-refractivity contribution in [2.24, 2.45) is 0 Å². The van der Waals surface area contributed by atoms with Gasteiger partial charge in [-0.15, -0.1) is 0 Å². The van der Waals surface area contributed by atoms with Crippen LogP contribution in [0.3, 0.4) is 0 Å². The summed E-state index contributed by atoms with van der Waals surface area (Å²) in [7, 11) is 0. The van der Waals surface area contributed by atoms with E-state index in [-0.39, 0.29) is 6.61 Å². The second-order valence-electron chi connectivity index (χ2n) is 2.01. The van der Waals surface area contributed by atoms with Crippen molar-refractivity contribution in [1.82, 2.24) is 0 Å². The molecule has 3 heteroatoms. The number of carbonyl (C=O) groups is 1. The third kappa shape index (κ3) is 5.33. The maximum absolute atomic E-state index is 11.7. The highest BCUT2D eigenvalue weighted by Gasteiger charge is 1.96. The molecule has 0 radical (unpaired) electrons. The minimum Gasteiger partial charge on any atom is -0.462 e. The molecule has 11 heavy (non-hydrogen) atoms. The maximum Gasteiger partial charge on any atom is 0.330 e. The summed E-state index contributed by atoms with van der Waals surface area (Å²) < 4.78 is 16.3. The second kappa shape index (κ2) is 5.65. The van der Waals surface area contributed by atoms with Crippen molar-refractivity contribution in [1.29, 1.82) is 0 Å². The average molecular weight is 158 g/mol. The van der Waals surface area contributed by atoms with Gasteiger partial charge in [0, 0.05) is 12.5 Å². The first-order valence-electron chi connectivity index (χ1n) is 3.22. The summed E-state index contributed by atoms with van der Waals surface area (Å²) in [5.41, 5.74) is 0.432. The standard InChI is InChI=1S/C8H11FO2/c1-3-8(10)11-5-4-7(2)6-9/h3H,1-2,4-6H2. The van der Waals surface area contributed by atoms with Crippen LogP contribution < -0.4 is 0 Å². The Hall–Kier alpha value is -1.12. The zero-order chi connectivity index (χ0) is 8.69. The first kappa shape index (κ1) is 9.88. The summed E-state index contributed by atoms with van der Waals surface area (Å²) in [5.74, 6) is -0.489. The molecule has 0 N–H and O–H groups in total. The molecule has 0 aromatic heterocycles. The van der Waals surface area contributed by atoms with Gasteiger partial charge < -0.3 is 4.74 Å². The van der Waals surface area contributed by atoms with Crippen molar-refractivity contribution in [3.05, 3.63) is 24.8 Å². The third-order valence-corrected chi connectivity index (χ3v) is 1.06. The number of carbonyl (C=O) groups excluding carboxylic acids is 1. The summed E-state index contributed by atoms with van der Waals surface area (Å²) in [6.07, 6.45) is 1.44. The Morgan fingerprint density at radius 2 is 2.27 bits per heavy atom. The summed E-state index contributed by atoms with van der Waals surface area (Å²) in [5, 5.41) is 0. The molecule has 0 heterocycles. The van der Waals surface area contributed by atoms with E-state index in [9.17, 15) is 9.18 Å². The van der Waals surface area contributed by atoms with E-state index in [1.165, 1.54) is 0 Å². The minimum atomic E-state index is -0.564. The first-order valence-corrected chi connectivity index (χ1v) is 3.22. The smallest absolute Gasteiger partial charge is 0.330 e. The van der Waals surface area contributed by atoms with Crippen molar-refractivity contribution >= 4 is 5.97 Å². The lowest BCUT2D eigenvalue weighted by atomic mass is 10.2. The van der Waals surface area contributed by atoms with Gasteiger partial charge in [-0.3, -0.25) is 0 Å². The fourth-order valence-corrected chi connectivity index (χ4v) is 0.422. The number of alkyl halides is 1. The van der Waals surface area contributed by atoms with Crippen molar-refractivity contribution in [3.63, 3.8) is 0 Å². The number of ether oxygens (including phenoxy) is 1. The van der Waals surface area contributed by atoms with E-state index in [1.807, 2.05) is 0 Å². The van der Waals surface area contributed by atoms with Crippen LogP contribution >= 0.6 is 0 Å². The summed E-state index contributed by atoms with van der Waals surface area (Å²) in [6, 6.07) is 0. The first-order chi connectivity index (χ1) is 5.20. The molecule has 0 spiro atoms. The van der Waals surface area contributed by atoms with Gasteiger partial charge >= 0.3 is 5.97 Å². The molecule has 0 amide bonds. The summed E-state index contributed by atoms with van der Waals surface area (Å²) in [6.45, 7) is 6.22. The highest BCUT2D eigenvalue weighted by Crippen LogP contribution is 1.98. The van der Waals surface area contributed by atoms with E-state index >= 15 is 0 Å². The zero-order valence-electron chi connectivity index (χ0n) is 6.31. The second-order valence-corrected chi connectivity index (χ2v) is 2.01. The molecule has 0 saturated carbocycles. The van der Waals surface area contributed by atoms with Crippen LogP contribution in [0.5, 0.6) is 0 Å². The Labute approximate surface area is 65.4 Å². The van der Waals surface area contributed by atoms with Crippen LogP contribution in [0.4, 0.5) is 4.39 Å². The number of hydrogen-bond acceptors (Lipinski definition) is 2. The van der Waals surface area contributed by atoms with E-state index in [0.717, 1.165) is 6.08 Å². The van der Waals surface area contributed by atoms with Gasteiger partial charge in [0.25, 0.3) is 0 Å². The summed E-state index contributed by atoms with van der Waals surface area (Å²) in [4.78, 5) is 10.4. The molecule has 0 aromatic carbocycles. The Morgan fingerprint density at radius 3 is 2.73 bits per heavy atom. The van der Waals surface area contributed by atoms with Crippen molar-refractivity contribution in [2.75, 3.05) is 13.3 Å². The molecule has 62 valence electrons. The molecular formula is C8H11FO2. The topological polar surface area (TPSA) is 26.3 Å². The number of rotatable bonds is 5.